The highest BCUT2D eigenvalue weighted by atomic mass is 32.2. The molecule has 1 N–H and O–H groups in total. The minimum absolute atomic E-state index is 0.166. The molecular formula is C15H20N2O3S. The first-order chi connectivity index (χ1) is 9.95. The summed E-state index contributed by atoms with van der Waals surface area (Å²) in [5, 5.41) is 2.69. The van der Waals surface area contributed by atoms with E-state index in [9.17, 15) is 13.2 Å². The van der Waals surface area contributed by atoms with Crippen molar-refractivity contribution in [2.24, 2.45) is 0 Å². The van der Waals surface area contributed by atoms with Crippen molar-refractivity contribution in [2.45, 2.75) is 19.8 Å². The monoisotopic (exact) mass is 308 g/mol. The Balaban J connectivity index is 2.35. The SMILES string of the molecule is C=CCNC(=O)c1ccc(C)c(N2CCCCS2(=O)=O)c1. The zero-order chi connectivity index (χ0) is 15.5. The molecule has 0 atom stereocenters. The molecule has 0 unspecified atom stereocenters. The van der Waals surface area contributed by atoms with Crippen LogP contribution in [0, 0.1) is 6.92 Å². The largest absolute Gasteiger partial charge is 0.349 e. The Labute approximate surface area is 125 Å². The zero-order valence-electron chi connectivity index (χ0n) is 12.1. The van der Waals surface area contributed by atoms with Gasteiger partial charge in [0.1, 0.15) is 0 Å². The van der Waals surface area contributed by atoms with Crippen molar-refractivity contribution in [3.05, 3.63) is 42.0 Å². The van der Waals surface area contributed by atoms with Crippen molar-refractivity contribution >= 4 is 21.6 Å². The summed E-state index contributed by atoms with van der Waals surface area (Å²) in [5.74, 6) is -0.0650. The third kappa shape index (κ3) is 3.44. The van der Waals surface area contributed by atoms with Gasteiger partial charge in [-0.15, -0.1) is 6.58 Å². The maximum absolute atomic E-state index is 12.2. The molecule has 0 saturated carbocycles. The van der Waals surface area contributed by atoms with Crippen molar-refractivity contribution in [1.82, 2.24) is 5.32 Å². The van der Waals surface area contributed by atoms with E-state index in [0.717, 1.165) is 12.0 Å². The van der Waals surface area contributed by atoms with Crippen LogP contribution in [-0.2, 0) is 10.0 Å². The van der Waals surface area contributed by atoms with Gasteiger partial charge in [-0.25, -0.2) is 8.42 Å². The topological polar surface area (TPSA) is 66.5 Å². The van der Waals surface area contributed by atoms with Crippen LogP contribution in [0.5, 0.6) is 0 Å². The molecular weight excluding hydrogens is 288 g/mol. The number of rotatable bonds is 4. The summed E-state index contributed by atoms with van der Waals surface area (Å²) in [4.78, 5) is 12.0. The van der Waals surface area contributed by atoms with Gasteiger partial charge in [-0.2, -0.15) is 0 Å². The second kappa shape index (κ2) is 6.30. The normalized spacial score (nSPS) is 17.3. The van der Waals surface area contributed by atoms with Crippen molar-refractivity contribution in [2.75, 3.05) is 23.1 Å². The summed E-state index contributed by atoms with van der Waals surface area (Å²) >= 11 is 0. The molecule has 2 rings (SSSR count). The minimum atomic E-state index is -3.27. The molecule has 1 heterocycles. The lowest BCUT2D eigenvalue weighted by Gasteiger charge is -2.29. The summed E-state index contributed by atoms with van der Waals surface area (Å²) in [5.41, 5.74) is 1.90. The third-order valence-electron chi connectivity index (χ3n) is 3.50. The van der Waals surface area contributed by atoms with Gasteiger partial charge in [-0.05, 0) is 37.5 Å². The van der Waals surface area contributed by atoms with E-state index >= 15 is 0 Å². The van der Waals surface area contributed by atoms with Gasteiger partial charge in [-0.1, -0.05) is 12.1 Å². The van der Waals surface area contributed by atoms with Gasteiger partial charge in [0.15, 0.2) is 0 Å². The van der Waals surface area contributed by atoms with Gasteiger partial charge in [0.05, 0.1) is 11.4 Å². The van der Waals surface area contributed by atoms with Crippen molar-refractivity contribution in [1.29, 1.82) is 0 Å². The Morgan fingerprint density at radius 3 is 2.86 bits per heavy atom. The number of nitrogens with one attached hydrogen (secondary N) is 1. The number of benzene rings is 1. The average molecular weight is 308 g/mol. The average Bonchev–Trinajstić information content (AvgIpc) is 2.45. The van der Waals surface area contributed by atoms with E-state index in [2.05, 4.69) is 11.9 Å². The van der Waals surface area contributed by atoms with E-state index in [1.807, 2.05) is 6.92 Å². The van der Waals surface area contributed by atoms with Crippen LogP contribution in [-0.4, -0.2) is 33.2 Å². The molecule has 114 valence electrons. The fraction of sp³-hybridized carbons (Fsp3) is 0.400. The number of anilines is 1. The molecule has 0 radical (unpaired) electrons. The van der Waals surface area contributed by atoms with Gasteiger partial charge >= 0.3 is 0 Å². The predicted molar refractivity (Wildman–Crippen MR) is 84.1 cm³/mol. The number of hydrogen-bond donors (Lipinski definition) is 1. The summed E-state index contributed by atoms with van der Waals surface area (Å²) in [6, 6.07) is 5.13. The Hall–Kier alpha value is -1.82. The third-order valence-corrected chi connectivity index (χ3v) is 5.35. The van der Waals surface area contributed by atoms with Crippen molar-refractivity contribution < 1.29 is 13.2 Å². The highest BCUT2D eigenvalue weighted by Crippen LogP contribution is 2.27. The molecule has 1 aliphatic rings. The molecule has 21 heavy (non-hydrogen) atoms. The number of hydrogen-bond acceptors (Lipinski definition) is 3. The molecule has 0 aliphatic carbocycles. The lowest BCUT2D eigenvalue weighted by molar-refractivity contribution is 0.0958. The molecule has 5 nitrogen and oxygen atoms in total. The molecule has 0 bridgehead atoms. The minimum Gasteiger partial charge on any atom is -0.349 e. The molecule has 1 aromatic rings. The first kappa shape index (κ1) is 15.6. The summed E-state index contributed by atoms with van der Waals surface area (Å²) in [6.45, 7) is 6.25. The Morgan fingerprint density at radius 2 is 2.19 bits per heavy atom. The number of sulfonamides is 1. The van der Waals surface area contributed by atoms with E-state index < -0.39 is 10.0 Å². The number of aryl methyl sites for hydroxylation is 1. The Kier molecular flexibility index (Phi) is 4.67. The maximum atomic E-state index is 12.2. The lowest BCUT2D eigenvalue weighted by Crippen LogP contribution is -2.38. The highest BCUT2D eigenvalue weighted by molar-refractivity contribution is 7.92. The van der Waals surface area contributed by atoms with Crippen LogP contribution in [0.4, 0.5) is 5.69 Å². The van der Waals surface area contributed by atoms with Crippen LogP contribution in [0.1, 0.15) is 28.8 Å². The van der Waals surface area contributed by atoms with Gasteiger partial charge in [0.25, 0.3) is 5.91 Å². The van der Waals surface area contributed by atoms with Crippen LogP contribution in [0.3, 0.4) is 0 Å². The van der Waals surface area contributed by atoms with Gasteiger partial charge in [-0.3, -0.25) is 9.10 Å². The number of nitrogens with zero attached hydrogens (tertiary/aromatic N) is 1. The van der Waals surface area contributed by atoms with Gasteiger partial charge in [0, 0.05) is 18.7 Å². The smallest absolute Gasteiger partial charge is 0.251 e. The van der Waals surface area contributed by atoms with Crippen LogP contribution in [0.25, 0.3) is 0 Å². The van der Waals surface area contributed by atoms with Crippen LogP contribution >= 0.6 is 0 Å². The molecule has 1 fully saturated rings. The highest BCUT2D eigenvalue weighted by Gasteiger charge is 2.27. The molecule has 6 heteroatoms. The lowest BCUT2D eigenvalue weighted by atomic mass is 10.1. The Morgan fingerprint density at radius 1 is 1.43 bits per heavy atom. The second-order valence-electron chi connectivity index (χ2n) is 5.10. The van der Waals surface area contributed by atoms with Crippen molar-refractivity contribution in [3.8, 4) is 0 Å². The van der Waals surface area contributed by atoms with Crippen LogP contribution in [0.15, 0.2) is 30.9 Å². The van der Waals surface area contributed by atoms with E-state index in [-0.39, 0.29) is 11.7 Å². The van der Waals surface area contributed by atoms with E-state index in [1.54, 1.807) is 24.3 Å². The summed E-state index contributed by atoms with van der Waals surface area (Å²) < 4.78 is 25.8. The number of amides is 1. The molecule has 1 aromatic carbocycles. The van der Waals surface area contributed by atoms with E-state index in [4.69, 9.17) is 0 Å². The quantitative estimate of drug-likeness (QED) is 0.863. The maximum Gasteiger partial charge on any atom is 0.251 e. The van der Waals surface area contributed by atoms with E-state index in [0.29, 0.717) is 30.8 Å². The van der Waals surface area contributed by atoms with Crippen LogP contribution < -0.4 is 9.62 Å². The molecule has 0 spiro atoms. The Bertz CT molecular complexity index is 653. The predicted octanol–water partition coefficient (Wildman–Crippen LogP) is 1.84. The van der Waals surface area contributed by atoms with E-state index in [1.165, 1.54) is 4.31 Å². The standard InChI is InChI=1S/C15H20N2O3S/c1-3-8-16-15(18)13-7-6-12(2)14(11-13)17-9-4-5-10-21(17,19)20/h3,6-7,11H,1,4-5,8-10H2,2H3,(H,16,18). The van der Waals surface area contributed by atoms with Gasteiger partial charge in [0.2, 0.25) is 10.0 Å². The van der Waals surface area contributed by atoms with Gasteiger partial charge < -0.3 is 5.32 Å². The van der Waals surface area contributed by atoms with Crippen molar-refractivity contribution in [3.63, 3.8) is 0 Å². The first-order valence-corrected chi connectivity index (χ1v) is 8.57. The second-order valence-corrected chi connectivity index (χ2v) is 7.11. The summed E-state index contributed by atoms with van der Waals surface area (Å²) in [6.07, 6.45) is 3.13. The number of carbonyl (C=O) groups excluding carboxylic acids is 1. The fourth-order valence-electron chi connectivity index (χ4n) is 2.35. The summed E-state index contributed by atoms with van der Waals surface area (Å²) in [7, 11) is -3.27. The number of carbonyl (C=O) groups is 1. The first-order valence-electron chi connectivity index (χ1n) is 6.96. The molecule has 1 saturated heterocycles. The zero-order valence-corrected chi connectivity index (χ0v) is 12.9. The fourth-order valence-corrected chi connectivity index (χ4v) is 4.04. The molecule has 1 aliphatic heterocycles. The molecule has 1 amide bonds. The van der Waals surface area contributed by atoms with Crippen LogP contribution in [0.2, 0.25) is 0 Å². The molecule has 0 aromatic heterocycles.